The zero-order valence-corrected chi connectivity index (χ0v) is 13.4. The zero-order valence-electron chi connectivity index (χ0n) is 11.8. The normalized spacial score (nSPS) is 23.2. The fourth-order valence-corrected chi connectivity index (χ4v) is 4.07. The molecule has 0 radical (unpaired) electrons. The number of anilines is 1. The minimum atomic E-state index is -4.46. The van der Waals surface area contributed by atoms with E-state index in [1.807, 2.05) is 16.7 Å². The molecule has 0 saturated carbocycles. The Kier molecular flexibility index (Phi) is 4.72. The maximum Gasteiger partial charge on any atom is 0.417 e. The second kappa shape index (κ2) is 6.04. The standard InChI is InChI=1S/C14H17F3N2S2/c1-8-6-19(7-9(2)21-8)10-3-4-11(13(18)20)12(5-10)14(15,16)17/h3-5,8-9H,6-7H2,1-2H3,(H2,18,20). The van der Waals surface area contributed by atoms with Crippen LogP contribution in [0.2, 0.25) is 0 Å². The molecule has 0 amide bonds. The molecule has 1 aromatic carbocycles. The van der Waals surface area contributed by atoms with Crippen LogP contribution in [0.15, 0.2) is 18.2 Å². The Morgan fingerprint density at radius 1 is 1.29 bits per heavy atom. The van der Waals surface area contributed by atoms with Crippen LogP contribution in [0.4, 0.5) is 18.9 Å². The lowest BCUT2D eigenvalue weighted by molar-refractivity contribution is -0.137. The average molecular weight is 334 g/mol. The van der Waals surface area contributed by atoms with Crippen LogP contribution in [-0.2, 0) is 6.18 Å². The first-order valence-electron chi connectivity index (χ1n) is 6.60. The molecule has 1 aromatic rings. The summed E-state index contributed by atoms with van der Waals surface area (Å²) in [6, 6.07) is 4.20. The highest BCUT2D eigenvalue weighted by atomic mass is 32.2. The highest BCUT2D eigenvalue weighted by Crippen LogP contribution is 2.36. The van der Waals surface area contributed by atoms with Crippen molar-refractivity contribution in [3.8, 4) is 0 Å². The first-order chi connectivity index (χ1) is 9.68. The molecule has 2 rings (SSSR count). The SMILES string of the molecule is CC1CN(c2ccc(C(N)=S)c(C(F)(F)F)c2)CC(C)S1. The van der Waals surface area contributed by atoms with E-state index in [9.17, 15) is 13.2 Å². The highest BCUT2D eigenvalue weighted by Gasteiger charge is 2.35. The maximum absolute atomic E-state index is 13.2. The van der Waals surface area contributed by atoms with Crippen LogP contribution in [0.3, 0.4) is 0 Å². The van der Waals surface area contributed by atoms with Gasteiger partial charge < -0.3 is 10.6 Å². The van der Waals surface area contributed by atoms with E-state index < -0.39 is 11.7 Å². The predicted molar refractivity (Wildman–Crippen MR) is 86.1 cm³/mol. The number of hydrogen-bond acceptors (Lipinski definition) is 3. The minimum absolute atomic E-state index is 0.117. The largest absolute Gasteiger partial charge is 0.417 e. The monoisotopic (exact) mass is 334 g/mol. The van der Waals surface area contributed by atoms with Crippen LogP contribution >= 0.6 is 24.0 Å². The van der Waals surface area contributed by atoms with Crippen molar-refractivity contribution in [2.45, 2.75) is 30.5 Å². The molecule has 1 aliphatic heterocycles. The number of nitrogens with two attached hydrogens (primary N) is 1. The van der Waals surface area contributed by atoms with E-state index >= 15 is 0 Å². The van der Waals surface area contributed by atoms with Gasteiger partial charge >= 0.3 is 6.18 Å². The zero-order chi connectivity index (χ0) is 15.8. The predicted octanol–water partition coefficient (Wildman–Crippen LogP) is 3.67. The molecule has 1 fully saturated rings. The second-order valence-corrected chi connectivity index (χ2v) is 7.58. The summed E-state index contributed by atoms with van der Waals surface area (Å²) in [5.41, 5.74) is 5.09. The van der Waals surface area contributed by atoms with Crippen molar-refractivity contribution in [1.82, 2.24) is 0 Å². The van der Waals surface area contributed by atoms with E-state index in [4.69, 9.17) is 18.0 Å². The number of thiocarbonyl (C=S) groups is 1. The molecule has 0 aliphatic carbocycles. The number of nitrogens with zero attached hydrogens (tertiary/aromatic N) is 1. The van der Waals surface area contributed by atoms with Gasteiger partial charge in [-0.1, -0.05) is 26.1 Å². The Hall–Kier alpha value is -0.950. The van der Waals surface area contributed by atoms with Crippen LogP contribution in [-0.4, -0.2) is 28.6 Å². The average Bonchev–Trinajstić information content (AvgIpc) is 2.35. The number of alkyl halides is 3. The van der Waals surface area contributed by atoms with E-state index in [0.717, 1.165) is 19.2 Å². The minimum Gasteiger partial charge on any atom is -0.389 e. The first-order valence-corrected chi connectivity index (χ1v) is 7.95. The molecule has 0 spiro atoms. The molecule has 116 valence electrons. The van der Waals surface area contributed by atoms with Crippen LogP contribution in [0.25, 0.3) is 0 Å². The smallest absolute Gasteiger partial charge is 0.389 e. The Morgan fingerprint density at radius 2 is 1.86 bits per heavy atom. The molecule has 0 bridgehead atoms. The topological polar surface area (TPSA) is 29.3 Å². The Bertz CT molecular complexity index is 536. The van der Waals surface area contributed by atoms with E-state index in [-0.39, 0.29) is 10.6 Å². The van der Waals surface area contributed by atoms with Crippen molar-refractivity contribution in [2.24, 2.45) is 5.73 Å². The third-order valence-corrected chi connectivity index (χ3v) is 4.81. The van der Waals surface area contributed by atoms with Gasteiger partial charge in [0.15, 0.2) is 0 Å². The lowest BCUT2D eigenvalue weighted by Gasteiger charge is -2.36. The van der Waals surface area contributed by atoms with E-state index in [2.05, 4.69) is 13.8 Å². The number of halogens is 3. The maximum atomic E-state index is 13.2. The van der Waals surface area contributed by atoms with Gasteiger partial charge in [-0.15, -0.1) is 0 Å². The molecule has 1 heterocycles. The van der Waals surface area contributed by atoms with Crippen molar-refractivity contribution in [3.05, 3.63) is 29.3 Å². The number of benzene rings is 1. The molecule has 1 saturated heterocycles. The third-order valence-electron chi connectivity index (χ3n) is 3.36. The molecule has 21 heavy (non-hydrogen) atoms. The van der Waals surface area contributed by atoms with Crippen LogP contribution in [0.5, 0.6) is 0 Å². The summed E-state index contributed by atoms with van der Waals surface area (Å²) in [4.78, 5) is 1.76. The number of hydrogen-bond donors (Lipinski definition) is 1. The number of thioether (sulfide) groups is 1. The van der Waals surface area contributed by atoms with Crippen molar-refractivity contribution in [1.29, 1.82) is 0 Å². The van der Waals surface area contributed by atoms with Crippen molar-refractivity contribution in [3.63, 3.8) is 0 Å². The van der Waals surface area contributed by atoms with Gasteiger partial charge in [-0.3, -0.25) is 0 Å². The second-order valence-electron chi connectivity index (χ2n) is 5.25. The molecular formula is C14H17F3N2S2. The third kappa shape index (κ3) is 3.83. The summed E-state index contributed by atoms with van der Waals surface area (Å²) < 4.78 is 39.5. The van der Waals surface area contributed by atoms with Crippen LogP contribution in [0, 0.1) is 0 Å². The van der Waals surface area contributed by atoms with Gasteiger partial charge in [-0.2, -0.15) is 24.9 Å². The Labute approximate surface area is 131 Å². The lowest BCUT2D eigenvalue weighted by atomic mass is 10.0. The van der Waals surface area contributed by atoms with Crippen LogP contribution in [0.1, 0.15) is 25.0 Å². The molecule has 2 atom stereocenters. The van der Waals surface area contributed by atoms with E-state index in [0.29, 0.717) is 16.2 Å². The first kappa shape index (κ1) is 16.4. The molecule has 2 unspecified atom stereocenters. The summed E-state index contributed by atoms with van der Waals surface area (Å²) in [5.74, 6) is 0. The molecule has 2 nitrogen and oxygen atoms in total. The quantitative estimate of drug-likeness (QED) is 0.836. The van der Waals surface area contributed by atoms with Gasteiger partial charge in [0.2, 0.25) is 0 Å². The summed E-state index contributed by atoms with van der Waals surface area (Å²) in [7, 11) is 0. The van der Waals surface area contributed by atoms with Gasteiger partial charge in [0.1, 0.15) is 4.99 Å². The van der Waals surface area contributed by atoms with Gasteiger partial charge in [0.05, 0.1) is 5.56 Å². The van der Waals surface area contributed by atoms with Crippen molar-refractivity contribution in [2.75, 3.05) is 18.0 Å². The summed E-state index contributed by atoms with van der Waals surface area (Å²) in [5, 5.41) is 0.775. The van der Waals surface area contributed by atoms with Gasteiger partial charge in [0.25, 0.3) is 0 Å². The van der Waals surface area contributed by atoms with E-state index in [1.165, 1.54) is 6.07 Å². The Morgan fingerprint density at radius 3 is 2.33 bits per heavy atom. The molecule has 7 heteroatoms. The van der Waals surface area contributed by atoms with Crippen molar-refractivity contribution < 1.29 is 13.2 Å². The molecule has 1 aliphatic rings. The molecule has 2 N–H and O–H groups in total. The van der Waals surface area contributed by atoms with Crippen molar-refractivity contribution >= 4 is 34.7 Å². The molecular weight excluding hydrogens is 317 g/mol. The van der Waals surface area contributed by atoms with Crippen LogP contribution < -0.4 is 10.6 Å². The Balaban J connectivity index is 2.40. The van der Waals surface area contributed by atoms with E-state index in [1.54, 1.807) is 6.07 Å². The summed E-state index contributed by atoms with van der Waals surface area (Å²) >= 11 is 6.57. The fourth-order valence-electron chi connectivity index (χ4n) is 2.57. The molecule has 0 aromatic heterocycles. The number of rotatable bonds is 2. The van der Waals surface area contributed by atoms with Gasteiger partial charge in [0, 0.05) is 34.8 Å². The van der Waals surface area contributed by atoms with Gasteiger partial charge in [-0.25, -0.2) is 0 Å². The van der Waals surface area contributed by atoms with Gasteiger partial charge in [-0.05, 0) is 18.2 Å². The lowest BCUT2D eigenvalue weighted by Crippen LogP contribution is -2.40. The fraction of sp³-hybridized carbons (Fsp3) is 0.500. The summed E-state index contributed by atoms with van der Waals surface area (Å²) in [6.07, 6.45) is -4.46. The highest BCUT2D eigenvalue weighted by molar-refractivity contribution is 8.00. The summed E-state index contributed by atoms with van der Waals surface area (Å²) in [6.45, 7) is 5.64.